The van der Waals surface area contributed by atoms with Crippen molar-refractivity contribution < 1.29 is 9.88 Å². The first-order valence-electron chi connectivity index (χ1n) is 3.85. The molecule has 0 aliphatic rings. The van der Waals surface area contributed by atoms with Gasteiger partial charge in [-0.2, -0.15) is 5.26 Å². The van der Waals surface area contributed by atoms with Gasteiger partial charge < -0.3 is 0 Å². The molecule has 0 atom stereocenters. The number of hydroxylamine groups is 1. The second-order valence-corrected chi connectivity index (χ2v) is 2.68. The molecule has 0 bridgehead atoms. The van der Waals surface area contributed by atoms with E-state index in [0.717, 1.165) is 0 Å². The molecule has 0 fully saturated rings. The van der Waals surface area contributed by atoms with Gasteiger partial charge in [-0.15, -0.1) is 4.68 Å². The van der Waals surface area contributed by atoms with E-state index in [0.29, 0.717) is 11.6 Å². The fourth-order valence-corrected chi connectivity index (χ4v) is 0.948. The molecular weight excluding hydrogens is 184 g/mol. The lowest BCUT2D eigenvalue weighted by Gasteiger charge is -1.91. The Labute approximate surface area is 80.6 Å². The molecular formula is C7H11N6O+. The van der Waals surface area contributed by atoms with Gasteiger partial charge in [-0.3, -0.25) is 16.5 Å². The van der Waals surface area contributed by atoms with Crippen LogP contribution in [0.15, 0.2) is 5.70 Å². The van der Waals surface area contributed by atoms with Crippen molar-refractivity contribution in [1.29, 1.82) is 5.26 Å². The number of allylic oxidation sites excluding steroid dienone is 1. The lowest BCUT2D eigenvalue weighted by Crippen LogP contribution is -2.48. The predicted molar refractivity (Wildman–Crippen MR) is 46.9 cm³/mol. The Morgan fingerprint density at radius 1 is 1.79 bits per heavy atom. The van der Waals surface area contributed by atoms with Crippen LogP contribution in [0.5, 0.6) is 0 Å². The van der Waals surface area contributed by atoms with Crippen molar-refractivity contribution in [2.24, 2.45) is 0 Å². The predicted octanol–water partition coefficient (Wildman–Crippen LogP) is -1.20. The maximum atomic E-state index is 8.53. The SMILES string of the molecule is Cc1nn(/C=C(/C#N)NO)c(C)[n+]1N. The molecule has 1 aromatic heterocycles. The number of hydrogen-bond acceptors (Lipinski definition) is 5. The average Bonchev–Trinajstić information content (AvgIpc) is 2.42. The molecule has 0 aliphatic carbocycles. The smallest absolute Gasteiger partial charge is 0.290 e. The van der Waals surface area contributed by atoms with Crippen LogP contribution in [0, 0.1) is 25.2 Å². The molecule has 0 unspecified atom stereocenters. The summed E-state index contributed by atoms with van der Waals surface area (Å²) < 4.78 is 2.78. The second kappa shape index (κ2) is 3.76. The summed E-state index contributed by atoms with van der Waals surface area (Å²) in [6.07, 6.45) is 1.34. The highest BCUT2D eigenvalue weighted by molar-refractivity contribution is 5.36. The highest BCUT2D eigenvalue weighted by atomic mass is 16.5. The van der Waals surface area contributed by atoms with Crippen LogP contribution in [0.3, 0.4) is 0 Å². The minimum absolute atomic E-state index is 0.0174. The molecule has 1 aromatic rings. The molecule has 4 N–H and O–H groups in total. The summed E-state index contributed by atoms with van der Waals surface area (Å²) in [6, 6.07) is 1.75. The van der Waals surface area contributed by atoms with Crippen molar-refractivity contribution in [3.8, 4) is 6.07 Å². The maximum absolute atomic E-state index is 8.53. The standard InChI is InChI=1S/C7H11N6O/c1-5-10-12(6(2)13(5)9)4-7(3-8)11-14/h4,11,14H,9H2,1-2H3/q+1/b7-4-. The van der Waals surface area contributed by atoms with Crippen molar-refractivity contribution >= 4 is 6.20 Å². The number of hydrogen-bond donors (Lipinski definition) is 3. The molecule has 1 heterocycles. The number of nitrogens with two attached hydrogens (primary N) is 1. The van der Waals surface area contributed by atoms with Gasteiger partial charge >= 0.3 is 0 Å². The van der Waals surface area contributed by atoms with E-state index in [9.17, 15) is 0 Å². The van der Waals surface area contributed by atoms with Crippen molar-refractivity contribution in [3.63, 3.8) is 0 Å². The highest BCUT2D eigenvalue weighted by Crippen LogP contribution is 1.95. The van der Waals surface area contributed by atoms with Crippen molar-refractivity contribution in [2.75, 3.05) is 5.84 Å². The van der Waals surface area contributed by atoms with Crippen LogP contribution in [0.2, 0.25) is 0 Å². The maximum Gasteiger partial charge on any atom is 0.296 e. The zero-order chi connectivity index (χ0) is 10.7. The van der Waals surface area contributed by atoms with Gasteiger partial charge in [-0.25, -0.2) is 0 Å². The van der Waals surface area contributed by atoms with Gasteiger partial charge in [0.05, 0.1) is 0 Å². The van der Waals surface area contributed by atoms with Crippen molar-refractivity contribution in [3.05, 3.63) is 17.3 Å². The quantitative estimate of drug-likeness (QED) is 0.238. The number of rotatable bonds is 2. The van der Waals surface area contributed by atoms with E-state index < -0.39 is 0 Å². The normalized spacial score (nSPS) is 11.1. The van der Waals surface area contributed by atoms with Crippen LogP contribution in [0.1, 0.15) is 11.6 Å². The van der Waals surface area contributed by atoms with Gasteiger partial charge in [0.2, 0.25) is 0 Å². The third-order valence-electron chi connectivity index (χ3n) is 1.77. The molecule has 1 rings (SSSR count). The minimum atomic E-state index is -0.0174. The first-order valence-corrected chi connectivity index (χ1v) is 3.85. The Morgan fingerprint density at radius 3 is 2.79 bits per heavy atom. The molecule has 0 radical (unpaired) electrons. The third kappa shape index (κ3) is 1.65. The Morgan fingerprint density at radius 2 is 2.43 bits per heavy atom. The van der Waals surface area contributed by atoms with Crippen LogP contribution < -0.4 is 16.0 Å². The lowest BCUT2D eigenvalue weighted by molar-refractivity contribution is -0.652. The molecule has 7 heteroatoms. The monoisotopic (exact) mass is 195 g/mol. The number of aromatic nitrogens is 3. The number of nitrogens with one attached hydrogen (secondary N) is 1. The molecule has 0 amide bonds. The lowest BCUT2D eigenvalue weighted by atomic mass is 10.5. The Hall–Kier alpha value is -2.07. The fourth-order valence-electron chi connectivity index (χ4n) is 0.948. The zero-order valence-electron chi connectivity index (χ0n) is 7.89. The van der Waals surface area contributed by atoms with E-state index >= 15 is 0 Å². The number of nitrogens with zero attached hydrogens (tertiary/aromatic N) is 4. The molecule has 7 nitrogen and oxygen atoms in total. The third-order valence-corrected chi connectivity index (χ3v) is 1.77. The van der Waals surface area contributed by atoms with Gasteiger partial charge in [-0.1, -0.05) is 4.68 Å². The summed E-state index contributed by atoms with van der Waals surface area (Å²) in [4.78, 5) is 0. The van der Waals surface area contributed by atoms with Crippen LogP contribution in [-0.2, 0) is 0 Å². The van der Waals surface area contributed by atoms with Gasteiger partial charge in [-0.05, 0) is 0 Å². The molecule has 74 valence electrons. The summed E-state index contributed by atoms with van der Waals surface area (Å²) in [6.45, 7) is 3.47. The highest BCUT2D eigenvalue weighted by Gasteiger charge is 2.15. The number of nitriles is 1. The Kier molecular flexibility index (Phi) is 2.69. The summed E-state index contributed by atoms with van der Waals surface area (Å²) in [5.74, 6) is 6.85. The number of nitrogen functional groups attached to an aromatic ring is 1. The van der Waals surface area contributed by atoms with Gasteiger partial charge in [0, 0.05) is 18.9 Å². The van der Waals surface area contributed by atoms with E-state index in [1.54, 1.807) is 25.4 Å². The Balaban J connectivity index is 3.16. The van der Waals surface area contributed by atoms with E-state index in [2.05, 4.69) is 5.10 Å². The first kappa shape index (κ1) is 10.0. The Bertz CT molecular complexity index is 413. The second-order valence-electron chi connectivity index (χ2n) is 2.68. The van der Waals surface area contributed by atoms with E-state index in [1.807, 2.05) is 0 Å². The molecule has 0 aliphatic heterocycles. The van der Waals surface area contributed by atoms with Gasteiger partial charge in [0.15, 0.2) is 5.70 Å². The van der Waals surface area contributed by atoms with E-state index in [1.165, 1.54) is 15.6 Å². The minimum Gasteiger partial charge on any atom is -0.290 e. The zero-order valence-corrected chi connectivity index (χ0v) is 7.89. The number of aryl methyl sites for hydroxylation is 1. The van der Waals surface area contributed by atoms with Gasteiger partial charge in [0.1, 0.15) is 12.3 Å². The summed E-state index contributed by atoms with van der Waals surface area (Å²) in [5, 5.41) is 21.1. The molecule has 0 saturated carbocycles. The van der Waals surface area contributed by atoms with E-state index in [-0.39, 0.29) is 5.70 Å². The summed E-state index contributed by atoms with van der Waals surface area (Å²) >= 11 is 0. The van der Waals surface area contributed by atoms with Gasteiger partial charge in [0.25, 0.3) is 11.6 Å². The molecule has 14 heavy (non-hydrogen) atoms. The van der Waals surface area contributed by atoms with Crippen molar-refractivity contribution in [2.45, 2.75) is 13.8 Å². The fraction of sp³-hybridized carbons (Fsp3) is 0.286. The topological polar surface area (TPSA) is 104 Å². The van der Waals surface area contributed by atoms with E-state index in [4.69, 9.17) is 16.3 Å². The van der Waals surface area contributed by atoms with Crippen LogP contribution in [-0.4, -0.2) is 15.0 Å². The molecule has 0 spiro atoms. The molecule has 0 saturated heterocycles. The van der Waals surface area contributed by atoms with Crippen LogP contribution in [0.4, 0.5) is 0 Å². The van der Waals surface area contributed by atoms with Crippen molar-refractivity contribution in [1.82, 2.24) is 15.3 Å². The van der Waals surface area contributed by atoms with Crippen LogP contribution >= 0.6 is 0 Å². The summed E-state index contributed by atoms with van der Waals surface area (Å²) in [7, 11) is 0. The molecule has 0 aromatic carbocycles. The first-order chi connectivity index (χ1) is 6.60. The van der Waals surface area contributed by atoms with Crippen LogP contribution in [0.25, 0.3) is 6.20 Å². The summed E-state index contributed by atoms with van der Waals surface area (Å²) in [5.41, 5.74) is 1.73. The average molecular weight is 195 g/mol. The largest absolute Gasteiger partial charge is 0.296 e.